The first kappa shape index (κ1) is 54.3. The summed E-state index contributed by atoms with van der Waals surface area (Å²) in [6.45, 7) is 5.03. The molecule has 0 radical (unpaired) electrons. The lowest BCUT2D eigenvalue weighted by atomic mass is 10.0. The summed E-state index contributed by atoms with van der Waals surface area (Å²) in [5.74, 6) is -0.563. The minimum absolute atomic E-state index is 0.00912. The second-order valence-electron chi connectivity index (χ2n) is 15.9. The normalized spacial score (nSPS) is 15.9. The lowest BCUT2D eigenvalue weighted by Gasteiger charge is -2.24. The first-order valence-corrected chi connectivity index (χ1v) is 23.2. The van der Waals surface area contributed by atoms with Crippen molar-refractivity contribution in [1.29, 1.82) is 0 Å². The number of hydrogen-bond donors (Lipinski definition) is 4. The van der Waals surface area contributed by atoms with Crippen LogP contribution in [0.3, 0.4) is 0 Å². The molecule has 328 valence electrons. The van der Waals surface area contributed by atoms with E-state index in [1.165, 1.54) is 76.7 Å². The first-order chi connectivity index (χ1) is 26.8. The number of esters is 1. The minimum atomic E-state index is -4.37. The standard InChI is InChI=1S/C44H82NO10P/c1-6-8-10-11-12-13-14-15-16-17-18-21-24-28-36-52-38-41(39-54-56(50,51)53-37-35-45(3,4)5)55-44(49)34-29-33-43(48)42(47)32-27-23-20-19-22-26-31-40(46)30-25-9-7-2/h19-20,22-23,26-27,31-32,40-43,46-48H,6-18,21,24-25,28-30,33-39H2,1-5H3/p+1/b22-19+,23-20-,31-26-,32-27-. The number of phosphoric ester groups is 1. The van der Waals surface area contributed by atoms with Gasteiger partial charge in [0.15, 0.2) is 0 Å². The molecular formula is C44H83NO10P+. The largest absolute Gasteiger partial charge is 0.472 e. The Labute approximate surface area is 341 Å². The van der Waals surface area contributed by atoms with Gasteiger partial charge < -0.3 is 34.2 Å². The molecule has 0 saturated carbocycles. The third-order valence-electron chi connectivity index (χ3n) is 9.26. The maximum absolute atomic E-state index is 12.7. The Morgan fingerprint density at radius 3 is 1.71 bits per heavy atom. The molecule has 0 spiro atoms. The quantitative estimate of drug-likeness (QED) is 0.0155. The van der Waals surface area contributed by atoms with E-state index in [0.717, 1.165) is 44.9 Å². The monoisotopic (exact) mass is 817 g/mol. The van der Waals surface area contributed by atoms with Crippen LogP contribution in [0.5, 0.6) is 0 Å². The molecule has 0 aromatic heterocycles. The molecule has 0 saturated heterocycles. The van der Waals surface area contributed by atoms with Gasteiger partial charge in [0.1, 0.15) is 19.3 Å². The van der Waals surface area contributed by atoms with Crippen LogP contribution in [0.1, 0.15) is 149 Å². The van der Waals surface area contributed by atoms with Crippen molar-refractivity contribution >= 4 is 13.8 Å². The predicted molar refractivity (Wildman–Crippen MR) is 228 cm³/mol. The van der Waals surface area contributed by atoms with E-state index < -0.39 is 38.2 Å². The minimum Gasteiger partial charge on any atom is -0.457 e. The van der Waals surface area contributed by atoms with Crippen LogP contribution in [-0.2, 0) is 27.9 Å². The van der Waals surface area contributed by atoms with Crippen LogP contribution < -0.4 is 0 Å². The molecular weight excluding hydrogens is 733 g/mol. The lowest BCUT2D eigenvalue weighted by Crippen LogP contribution is -2.37. The molecule has 0 aliphatic heterocycles. The van der Waals surface area contributed by atoms with Gasteiger partial charge in [0.25, 0.3) is 0 Å². The van der Waals surface area contributed by atoms with E-state index in [0.29, 0.717) is 17.6 Å². The SMILES string of the molecule is CCCCCCCCCCCCCCCCOCC(COP(=O)(O)OCC[N+](C)(C)C)OC(=O)CCCC(O)C(O)\C=C/C=C\C=C\C=C/C(O)CCCCC. The van der Waals surface area contributed by atoms with Crippen molar-refractivity contribution in [2.24, 2.45) is 0 Å². The lowest BCUT2D eigenvalue weighted by molar-refractivity contribution is -0.870. The van der Waals surface area contributed by atoms with Gasteiger partial charge in [0.2, 0.25) is 0 Å². The van der Waals surface area contributed by atoms with E-state index in [4.69, 9.17) is 18.5 Å². The molecule has 12 heteroatoms. The molecule has 0 aromatic rings. The number of allylic oxidation sites excluding steroid dienone is 6. The van der Waals surface area contributed by atoms with Gasteiger partial charge in [-0.1, -0.05) is 165 Å². The number of carbonyl (C=O) groups excluding carboxylic acids is 1. The number of carbonyl (C=O) groups is 1. The molecule has 5 unspecified atom stereocenters. The molecule has 0 heterocycles. The summed E-state index contributed by atoms with van der Waals surface area (Å²) in [5, 5.41) is 30.6. The van der Waals surface area contributed by atoms with Crippen molar-refractivity contribution in [2.75, 3.05) is 54.1 Å². The molecule has 0 bridgehead atoms. The number of aliphatic hydroxyl groups excluding tert-OH is 3. The fourth-order valence-electron chi connectivity index (χ4n) is 5.70. The molecule has 56 heavy (non-hydrogen) atoms. The fraction of sp³-hybridized carbons (Fsp3) is 0.795. The third kappa shape index (κ3) is 37.9. The Bertz CT molecular complexity index is 1090. The number of aliphatic hydroxyl groups is 3. The topological polar surface area (TPSA) is 152 Å². The first-order valence-electron chi connectivity index (χ1n) is 21.7. The van der Waals surface area contributed by atoms with Crippen LogP contribution in [0, 0.1) is 0 Å². The van der Waals surface area contributed by atoms with Crippen LogP contribution >= 0.6 is 7.82 Å². The molecule has 11 nitrogen and oxygen atoms in total. The van der Waals surface area contributed by atoms with Crippen molar-refractivity contribution in [2.45, 2.75) is 173 Å². The molecule has 0 aromatic carbocycles. The highest BCUT2D eigenvalue weighted by Gasteiger charge is 2.26. The molecule has 0 aliphatic rings. The summed E-state index contributed by atoms with van der Waals surface area (Å²) < 4.78 is 34.7. The smallest absolute Gasteiger partial charge is 0.457 e. The summed E-state index contributed by atoms with van der Waals surface area (Å²) in [4.78, 5) is 22.9. The summed E-state index contributed by atoms with van der Waals surface area (Å²) in [7, 11) is 1.45. The second-order valence-corrected chi connectivity index (χ2v) is 17.4. The maximum atomic E-state index is 12.7. The van der Waals surface area contributed by atoms with Gasteiger partial charge in [-0.25, -0.2) is 4.57 Å². The summed E-state index contributed by atoms with van der Waals surface area (Å²) >= 11 is 0. The van der Waals surface area contributed by atoms with E-state index in [2.05, 4.69) is 13.8 Å². The number of unbranched alkanes of at least 4 members (excludes halogenated alkanes) is 15. The molecule has 0 amide bonds. The number of phosphoric acid groups is 1. The van der Waals surface area contributed by atoms with E-state index in [-0.39, 0.29) is 39.1 Å². The van der Waals surface area contributed by atoms with Crippen molar-refractivity contribution < 1.29 is 52.6 Å². The second kappa shape index (κ2) is 36.4. The highest BCUT2D eigenvalue weighted by atomic mass is 31.2. The van der Waals surface area contributed by atoms with Gasteiger partial charge in [-0.05, 0) is 25.7 Å². The van der Waals surface area contributed by atoms with E-state index in [1.54, 1.807) is 36.5 Å². The Hall–Kier alpha value is -1.66. The van der Waals surface area contributed by atoms with Crippen molar-refractivity contribution in [3.05, 3.63) is 48.6 Å². The third-order valence-corrected chi connectivity index (χ3v) is 10.2. The highest BCUT2D eigenvalue weighted by Crippen LogP contribution is 2.43. The summed E-state index contributed by atoms with van der Waals surface area (Å²) in [6, 6.07) is 0. The number of quaternary nitrogens is 1. The predicted octanol–water partition coefficient (Wildman–Crippen LogP) is 9.29. The summed E-state index contributed by atoms with van der Waals surface area (Å²) in [5.41, 5.74) is 0. The Morgan fingerprint density at radius 1 is 0.625 bits per heavy atom. The van der Waals surface area contributed by atoms with E-state index >= 15 is 0 Å². The van der Waals surface area contributed by atoms with Gasteiger partial charge in [0, 0.05) is 13.0 Å². The Balaban J connectivity index is 4.60. The average Bonchev–Trinajstić information content (AvgIpc) is 3.13. The average molecular weight is 817 g/mol. The number of ether oxygens (including phenoxy) is 2. The van der Waals surface area contributed by atoms with Crippen molar-refractivity contribution in [3.63, 3.8) is 0 Å². The van der Waals surface area contributed by atoms with Crippen LogP contribution in [-0.4, -0.2) is 109 Å². The van der Waals surface area contributed by atoms with Gasteiger partial charge in [-0.15, -0.1) is 0 Å². The maximum Gasteiger partial charge on any atom is 0.472 e. The van der Waals surface area contributed by atoms with E-state index in [9.17, 15) is 29.6 Å². The molecule has 0 aliphatic carbocycles. The number of nitrogens with zero attached hydrogens (tertiary/aromatic N) is 1. The summed E-state index contributed by atoms with van der Waals surface area (Å²) in [6.07, 6.45) is 32.2. The van der Waals surface area contributed by atoms with Crippen LogP contribution in [0.4, 0.5) is 0 Å². The van der Waals surface area contributed by atoms with Crippen LogP contribution in [0.2, 0.25) is 0 Å². The van der Waals surface area contributed by atoms with Gasteiger partial charge in [-0.3, -0.25) is 13.8 Å². The van der Waals surface area contributed by atoms with Crippen molar-refractivity contribution in [1.82, 2.24) is 0 Å². The molecule has 0 fully saturated rings. The molecule has 0 rings (SSSR count). The van der Waals surface area contributed by atoms with Crippen LogP contribution in [0.15, 0.2) is 48.6 Å². The van der Waals surface area contributed by atoms with Crippen molar-refractivity contribution in [3.8, 4) is 0 Å². The Kier molecular flexibility index (Phi) is 35.3. The fourth-order valence-corrected chi connectivity index (χ4v) is 6.44. The van der Waals surface area contributed by atoms with Crippen LogP contribution in [0.25, 0.3) is 0 Å². The van der Waals surface area contributed by atoms with Gasteiger partial charge in [-0.2, -0.15) is 0 Å². The number of likely N-dealkylation sites (N-methyl/N-ethyl adjacent to an activating group) is 1. The molecule has 4 N–H and O–H groups in total. The Morgan fingerprint density at radius 2 is 1.14 bits per heavy atom. The zero-order valence-electron chi connectivity index (χ0n) is 35.9. The van der Waals surface area contributed by atoms with Gasteiger partial charge >= 0.3 is 13.8 Å². The number of hydrogen-bond acceptors (Lipinski definition) is 9. The van der Waals surface area contributed by atoms with E-state index in [1.807, 2.05) is 27.2 Å². The zero-order valence-corrected chi connectivity index (χ0v) is 36.8. The van der Waals surface area contributed by atoms with Gasteiger partial charge in [0.05, 0.1) is 52.7 Å². The zero-order chi connectivity index (χ0) is 41.8. The number of rotatable bonds is 39. The molecule has 5 atom stereocenters. The highest BCUT2D eigenvalue weighted by molar-refractivity contribution is 7.47.